The first kappa shape index (κ1) is 13.6. The first-order valence-electron chi connectivity index (χ1n) is 6.07. The zero-order chi connectivity index (χ0) is 15.0. The van der Waals surface area contributed by atoms with E-state index < -0.39 is 17.6 Å². The molecular formula is C15H9F2NO2S. The molecule has 0 saturated heterocycles. The second-order valence-corrected chi connectivity index (χ2v) is 5.70. The van der Waals surface area contributed by atoms with E-state index in [9.17, 15) is 13.6 Å². The Morgan fingerprint density at radius 3 is 2.71 bits per heavy atom. The Morgan fingerprint density at radius 1 is 1.24 bits per heavy atom. The summed E-state index contributed by atoms with van der Waals surface area (Å²) in [6.07, 6.45) is 1.24. The lowest BCUT2D eigenvalue weighted by atomic mass is 10.2. The van der Waals surface area contributed by atoms with Crippen molar-refractivity contribution in [3.05, 3.63) is 63.0 Å². The van der Waals surface area contributed by atoms with Gasteiger partial charge < -0.3 is 4.74 Å². The van der Waals surface area contributed by atoms with Crippen LogP contribution in [0.25, 0.3) is 6.08 Å². The molecule has 3 nitrogen and oxygen atoms in total. The van der Waals surface area contributed by atoms with E-state index in [4.69, 9.17) is 4.74 Å². The van der Waals surface area contributed by atoms with Gasteiger partial charge >= 0.3 is 5.97 Å². The molecule has 0 atom stereocenters. The monoisotopic (exact) mass is 305 g/mol. The fourth-order valence-corrected chi connectivity index (χ4v) is 2.62. The molecule has 21 heavy (non-hydrogen) atoms. The summed E-state index contributed by atoms with van der Waals surface area (Å²) in [6.45, 7) is 1.93. The van der Waals surface area contributed by atoms with E-state index in [1.807, 2.05) is 13.0 Å². The van der Waals surface area contributed by atoms with E-state index in [-0.39, 0.29) is 17.2 Å². The third-order valence-corrected chi connectivity index (χ3v) is 3.82. The first-order chi connectivity index (χ1) is 10.0. The van der Waals surface area contributed by atoms with Crippen molar-refractivity contribution in [3.8, 4) is 0 Å². The summed E-state index contributed by atoms with van der Waals surface area (Å²) in [7, 11) is 0. The Kier molecular flexibility index (Phi) is 3.39. The number of cyclic esters (lactones) is 1. The molecule has 2 heterocycles. The summed E-state index contributed by atoms with van der Waals surface area (Å²) in [5.74, 6) is -1.89. The molecule has 1 aliphatic rings. The average Bonchev–Trinajstić information content (AvgIpc) is 3.00. The van der Waals surface area contributed by atoms with Gasteiger partial charge in [0.05, 0.1) is 4.88 Å². The predicted octanol–water partition coefficient (Wildman–Crippen LogP) is 3.68. The molecule has 0 amide bonds. The van der Waals surface area contributed by atoms with Crippen molar-refractivity contribution in [2.24, 2.45) is 4.99 Å². The molecule has 1 aromatic heterocycles. The molecular weight excluding hydrogens is 296 g/mol. The number of ether oxygens (including phenoxy) is 1. The molecule has 1 aliphatic heterocycles. The highest BCUT2D eigenvalue weighted by Crippen LogP contribution is 2.24. The van der Waals surface area contributed by atoms with Gasteiger partial charge in [-0.05, 0) is 37.3 Å². The Morgan fingerprint density at radius 2 is 2.05 bits per heavy atom. The Balaban J connectivity index is 1.96. The van der Waals surface area contributed by atoms with Crippen LogP contribution < -0.4 is 0 Å². The number of carbonyl (C=O) groups is 1. The topological polar surface area (TPSA) is 38.7 Å². The van der Waals surface area contributed by atoms with Gasteiger partial charge in [0.15, 0.2) is 5.70 Å². The smallest absolute Gasteiger partial charge is 0.363 e. The van der Waals surface area contributed by atoms with Gasteiger partial charge in [0.2, 0.25) is 5.90 Å². The highest BCUT2D eigenvalue weighted by Gasteiger charge is 2.25. The molecule has 0 spiro atoms. The van der Waals surface area contributed by atoms with Crippen LogP contribution in [-0.4, -0.2) is 11.9 Å². The Labute approximate surface area is 123 Å². The number of hydrogen-bond donors (Lipinski definition) is 0. The van der Waals surface area contributed by atoms with Gasteiger partial charge in [0.25, 0.3) is 0 Å². The molecule has 3 rings (SSSR count). The van der Waals surface area contributed by atoms with Crippen molar-refractivity contribution in [1.82, 2.24) is 0 Å². The van der Waals surface area contributed by atoms with Gasteiger partial charge in [-0.2, -0.15) is 0 Å². The number of aliphatic imine (C=N–C) groups is 1. The van der Waals surface area contributed by atoms with Crippen LogP contribution in [0.5, 0.6) is 0 Å². The van der Waals surface area contributed by atoms with E-state index in [2.05, 4.69) is 4.99 Å². The number of benzene rings is 1. The van der Waals surface area contributed by atoms with Crippen LogP contribution in [-0.2, 0) is 9.53 Å². The van der Waals surface area contributed by atoms with Gasteiger partial charge in [0, 0.05) is 16.5 Å². The zero-order valence-corrected chi connectivity index (χ0v) is 11.7. The first-order valence-corrected chi connectivity index (χ1v) is 6.89. The standard InChI is InChI=1S/C15H9F2NO2S/c1-8-2-5-13(21-8)14-18-12(15(19)20-14)6-9-3-4-10(16)7-11(9)17/h2-7H,1H3/b12-6-. The molecule has 2 aromatic rings. The van der Waals surface area contributed by atoms with Crippen molar-refractivity contribution in [1.29, 1.82) is 0 Å². The van der Waals surface area contributed by atoms with Crippen LogP contribution in [0, 0.1) is 18.6 Å². The lowest BCUT2D eigenvalue weighted by Gasteiger charge is -1.96. The normalized spacial score (nSPS) is 16.2. The summed E-state index contributed by atoms with van der Waals surface area (Å²) in [5.41, 5.74) is 0.0669. The van der Waals surface area contributed by atoms with Gasteiger partial charge in [0.1, 0.15) is 11.6 Å². The number of halogens is 2. The Hall–Kier alpha value is -2.34. The molecule has 0 unspecified atom stereocenters. The number of rotatable bonds is 2. The van der Waals surface area contributed by atoms with Crippen molar-refractivity contribution in [2.75, 3.05) is 0 Å². The van der Waals surface area contributed by atoms with Crippen LogP contribution in [0.3, 0.4) is 0 Å². The quantitative estimate of drug-likeness (QED) is 0.627. The van der Waals surface area contributed by atoms with Crippen LogP contribution >= 0.6 is 11.3 Å². The molecule has 0 N–H and O–H groups in total. The van der Waals surface area contributed by atoms with Gasteiger partial charge in [-0.15, -0.1) is 11.3 Å². The second-order valence-electron chi connectivity index (χ2n) is 4.41. The maximum Gasteiger partial charge on any atom is 0.363 e. The minimum absolute atomic E-state index is 0.0124. The number of esters is 1. The third kappa shape index (κ3) is 2.75. The van der Waals surface area contributed by atoms with Crippen molar-refractivity contribution < 1.29 is 18.3 Å². The molecule has 0 aliphatic carbocycles. The van der Waals surface area contributed by atoms with Crippen LogP contribution in [0.4, 0.5) is 8.78 Å². The van der Waals surface area contributed by atoms with E-state index in [0.29, 0.717) is 0 Å². The molecule has 6 heteroatoms. The lowest BCUT2D eigenvalue weighted by Crippen LogP contribution is -2.03. The Bertz CT molecular complexity index is 793. The highest BCUT2D eigenvalue weighted by atomic mass is 32.1. The number of hydrogen-bond acceptors (Lipinski definition) is 4. The van der Waals surface area contributed by atoms with Crippen molar-refractivity contribution >= 4 is 29.3 Å². The zero-order valence-electron chi connectivity index (χ0n) is 10.9. The van der Waals surface area contributed by atoms with Crippen LogP contribution in [0.15, 0.2) is 41.0 Å². The van der Waals surface area contributed by atoms with Gasteiger partial charge in [-0.1, -0.05) is 0 Å². The van der Waals surface area contributed by atoms with E-state index in [0.717, 1.165) is 21.9 Å². The van der Waals surface area contributed by atoms with Crippen LogP contribution in [0.2, 0.25) is 0 Å². The fraction of sp³-hybridized carbons (Fsp3) is 0.0667. The largest absolute Gasteiger partial charge is 0.401 e. The number of aryl methyl sites for hydroxylation is 1. The van der Waals surface area contributed by atoms with Gasteiger partial charge in [-0.25, -0.2) is 18.6 Å². The summed E-state index contributed by atoms with van der Waals surface area (Å²) in [5, 5.41) is 0. The second kappa shape index (κ2) is 5.21. The fourth-order valence-electron chi connectivity index (χ4n) is 1.83. The SMILES string of the molecule is Cc1ccc(C2=N/C(=C\c3ccc(F)cc3F)C(=O)O2)s1. The molecule has 0 radical (unpaired) electrons. The molecule has 0 saturated carbocycles. The molecule has 106 valence electrons. The summed E-state index contributed by atoms with van der Waals surface area (Å²) in [6, 6.07) is 6.79. The molecule has 0 fully saturated rings. The van der Waals surface area contributed by atoms with Gasteiger partial charge in [-0.3, -0.25) is 0 Å². The number of nitrogens with zero attached hydrogens (tertiary/aromatic N) is 1. The summed E-state index contributed by atoms with van der Waals surface area (Å²) < 4.78 is 31.5. The summed E-state index contributed by atoms with van der Waals surface area (Å²) in [4.78, 5) is 17.6. The van der Waals surface area contributed by atoms with Crippen molar-refractivity contribution in [3.63, 3.8) is 0 Å². The van der Waals surface area contributed by atoms with E-state index in [1.54, 1.807) is 6.07 Å². The molecule has 0 bridgehead atoms. The predicted molar refractivity (Wildman–Crippen MR) is 76.0 cm³/mol. The average molecular weight is 305 g/mol. The maximum absolute atomic E-state index is 13.6. The lowest BCUT2D eigenvalue weighted by molar-refractivity contribution is -0.129. The number of thiophene rings is 1. The molecule has 1 aromatic carbocycles. The van der Waals surface area contributed by atoms with Crippen LogP contribution in [0.1, 0.15) is 15.3 Å². The number of carbonyl (C=O) groups excluding carboxylic acids is 1. The maximum atomic E-state index is 13.6. The third-order valence-electron chi connectivity index (χ3n) is 2.83. The van der Waals surface area contributed by atoms with E-state index >= 15 is 0 Å². The highest BCUT2D eigenvalue weighted by molar-refractivity contribution is 7.14. The minimum atomic E-state index is -0.758. The van der Waals surface area contributed by atoms with Crippen molar-refractivity contribution in [2.45, 2.75) is 6.92 Å². The minimum Gasteiger partial charge on any atom is -0.401 e. The van der Waals surface area contributed by atoms with E-state index in [1.165, 1.54) is 23.5 Å². The summed E-state index contributed by atoms with van der Waals surface area (Å²) >= 11 is 1.44.